The first-order valence-corrected chi connectivity index (χ1v) is 3.87. The molecule has 0 aromatic heterocycles. The summed E-state index contributed by atoms with van der Waals surface area (Å²) in [5.74, 6) is -0.970. The van der Waals surface area contributed by atoms with Crippen molar-refractivity contribution in [3.63, 3.8) is 0 Å². The van der Waals surface area contributed by atoms with Gasteiger partial charge in [0, 0.05) is 5.56 Å². The zero-order chi connectivity index (χ0) is 10.6. The Morgan fingerprint density at radius 3 is 2.71 bits per heavy atom. The number of carboxylic acid groups (broad SMARTS) is 1. The number of halogens is 1. The van der Waals surface area contributed by atoms with Crippen LogP contribution in [0, 0.1) is 0 Å². The molecule has 0 aliphatic carbocycles. The molecule has 0 aliphatic rings. The maximum absolute atomic E-state index is 11.9. The second kappa shape index (κ2) is 4.41. The summed E-state index contributed by atoms with van der Waals surface area (Å²) in [6, 6.07) is 6.27. The summed E-state index contributed by atoms with van der Waals surface area (Å²) in [5.41, 5.74) is 0.173. The van der Waals surface area contributed by atoms with Crippen LogP contribution in [0.25, 0.3) is 5.57 Å². The summed E-state index contributed by atoms with van der Waals surface area (Å²) in [6.07, 6.45) is 0. The van der Waals surface area contributed by atoms with Crippen LogP contribution in [0.3, 0.4) is 0 Å². The molecule has 0 fully saturated rings. The average molecular weight is 196 g/mol. The van der Waals surface area contributed by atoms with Gasteiger partial charge in [0.05, 0.1) is 5.57 Å². The largest absolute Gasteiger partial charge is 0.478 e. The molecule has 0 heterocycles. The molecule has 1 aromatic rings. The minimum absolute atomic E-state index is 0.117. The lowest BCUT2D eigenvalue weighted by atomic mass is 10.1. The third-order valence-electron chi connectivity index (χ3n) is 1.68. The fraction of sp³-hybridized carbons (Fsp3) is 0.100. The molecule has 0 saturated carbocycles. The Bertz CT molecular complexity index is 360. The van der Waals surface area contributed by atoms with Gasteiger partial charge in [-0.05, 0) is 6.07 Å². The van der Waals surface area contributed by atoms with Gasteiger partial charge in [0.2, 0.25) is 6.86 Å². The molecule has 3 nitrogen and oxygen atoms in total. The van der Waals surface area contributed by atoms with Gasteiger partial charge in [-0.1, -0.05) is 24.8 Å². The smallest absolute Gasteiger partial charge is 0.335 e. The van der Waals surface area contributed by atoms with Gasteiger partial charge < -0.3 is 9.84 Å². The molecule has 1 aromatic carbocycles. The third-order valence-corrected chi connectivity index (χ3v) is 1.68. The van der Waals surface area contributed by atoms with E-state index >= 15 is 0 Å². The number of aliphatic carboxylic acids is 1. The van der Waals surface area contributed by atoms with Crippen LogP contribution in [0.4, 0.5) is 4.39 Å². The molecule has 0 saturated heterocycles. The molecule has 1 rings (SSSR count). The van der Waals surface area contributed by atoms with Gasteiger partial charge >= 0.3 is 5.97 Å². The molecule has 14 heavy (non-hydrogen) atoms. The lowest BCUT2D eigenvalue weighted by Gasteiger charge is -2.07. The van der Waals surface area contributed by atoms with Crippen LogP contribution >= 0.6 is 0 Å². The van der Waals surface area contributed by atoms with Crippen LogP contribution in [0.1, 0.15) is 5.56 Å². The second-order valence-corrected chi connectivity index (χ2v) is 2.53. The predicted molar refractivity (Wildman–Crippen MR) is 49.7 cm³/mol. The van der Waals surface area contributed by atoms with Gasteiger partial charge in [0.1, 0.15) is 5.75 Å². The van der Waals surface area contributed by atoms with Crippen molar-refractivity contribution in [2.45, 2.75) is 0 Å². The number of carboxylic acids is 1. The van der Waals surface area contributed by atoms with Crippen molar-refractivity contribution in [3.05, 3.63) is 36.4 Å². The highest BCUT2D eigenvalue weighted by Crippen LogP contribution is 2.24. The van der Waals surface area contributed by atoms with E-state index in [1.807, 2.05) is 0 Å². The van der Waals surface area contributed by atoms with Gasteiger partial charge in [-0.25, -0.2) is 9.18 Å². The number of hydrogen-bond donors (Lipinski definition) is 1. The number of benzene rings is 1. The van der Waals surface area contributed by atoms with Crippen molar-refractivity contribution in [1.82, 2.24) is 0 Å². The van der Waals surface area contributed by atoms with E-state index < -0.39 is 12.8 Å². The first kappa shape index (κ1) is 10.2. The summed E-state index contributed by atoms with van der Waals surface area (Å²) in [4.78, 5) is 10.6. The SMILES string of the molecule is C=C(C(=O)O)c1ccccc1OCF. The predicted octanol–water partition coefficient (Wildman–Crippen LogP) is 2.09. The van der Waals surface area contributed by atoms with Crippen molar-refractivity contribution < 1.29 is 19.0 Å². The summed E-state index contributed by atoms with van der Waals surface area (Å²) >= 11 is 0. The zero-order valence-corrected chi connectivity index (χ0v) is 7.37. The molecule has 1 N–H and O–H groups in total. The van der Waals surface area contributed by atoms with E-state index in [0.717, 1.165) is 0 Å². The average Bonchev–Trinajstić information content (AvgIpc) is 2.18. The number of para-hydroxylation sites is 1. The van der Waals surface area contributed by atoms with Crippen LogP contribution in [0.2, 0.25) is 0 Å². The van der Waals surface area contributed by atoms with E-state index in [4.69, 9.17) is 5.11 Å². The number of rotatable bonds is 4. The van der Waals surface area contributed by atoms with Crippen LogP contribution in [-0.4, -0.2) is 17.9 Å². The van der Waals surface area contributed by atoms with Gasteiger partial charge in [0.15, 0.2) is 0 Å². The van der Waals surface area contributed by atoms with Crippen LogP contribution in [-0.2, 0) is 4.79 Å². The first-order valence-electron chi connectivity index (χ1n) is 3.87. The Morgan fingerprint density at radius 2 is 2.14 bits per heavy atom. The number of alkyl halides is 1. The lowest BCUT2D eigenvalue weighted by molar-refractivity contribution is -0.130. The van der Waals surface area contributed by atoms with Crippen molar-refractivity contribution in [1.29, 1.82) is 0 Å². The Kier molecular flexibility index (Phi) is 3.23. The molecule has 4 heteroatoms. The van der Waals surface area contributed by atoms with E-state index in [1.165, 1.54) is 12.1 Å². The van der Waals surface area contributed by atoms with Crippen LogP contribution in [0.5, 0.6) is 5.75 Å². The van der Waals surface area contributed by atoms with Gasteiger partial charge in [-0.3, -0.25) is 0 Å². The Hall–Kier alpha value is -1.84. The van der Waals surface area contributed by atoms with E-state index in [1.54, 1.807) is 12.1 Å². The minimum atomic E-state index is -1.15. The molecular formula is C10H9FO3. The standard InChI is InChI=1S/C10H9FO3/c1-7(10(12)13)8-4-2-3-5-9(8)14-6-11/h2-5H,1,6H2,(H,12,13). The highest BCUT2D eigenvalue weighted by Gasteiger charge is 2.12. The van der Waals surface area contributed by atoms with Crippen molar-refractivity contribution >= 4 is 11.5 Å². The minimum Gasteiger partial charge on any atom is -0.478 e. The van der Waals surface area contributed by atoms with Crippen molar-refractivity contribution in [2.24, 2.45) is 0 Å². The van der Waals surface area contributed by atoms with Crippen LogP contribution in [0.15, 0.2) is 30.8 Å². The summed E-state index contributed by atoms with van der Waals surface area (Å²) in [7, 11) is 0. The number of hydrogen-bond acceptors (Lipinski definition) is 2. The summed E-state index contributed by atoms with van der Waals surface area (Å²) in [5, 5.41) is 8.68. The van der Waals surface area contributed by atoms with E-state index in [-0.39, 0.29) is 16.9 Å². The van der Waals surface area contributed by atoms with Crippen LogP contribution < -0.4 is 4.74 Å². The maximum atomic E-state index is 11.9. The number of carbonyl (C=O) groups is 1. The van der Waals surface area contributed by atoms with Crippen molar-refractivity contribution in [3.8, 4) is 5.75 Å². The monoisotopic (exact) mass is 196 g/mol. The van der Waals surface area contributed by atoms with Gasteiger partial charge in [-0.2, -0.15) is 0 Å². The first-order chi connectivity index (χ1) is 6.66. The molecule has 0 bridgehead atoms. The van der Waals surface area contributed by atoms with E-state index in [2.05, 4.69) is 11.3 Å². The molecule has 0 atom stereocenters. The van der Waals surface area contributed by atoms with E-state index in [0.29, 0.717) is 0 Å². The summed E-state index contributed by atoms with van der Waals surface area (Å²) < 4.78 is 16.5. The maximum Gasteiger partial charge on any atom is 0.335 e. The van der Waals surface area contributed by atoms with Gasteiger partial charge in [0.25, 0.3) is 0 Å². The molecule has 0 radical (unpaired) electrons. The molecule has 0 amide bonds. The fourth-order valence-corrected chi connectivity index (χ4v) is 1.02. The fourth-order valence-electron chi connectivity index (χ4n) is 1.02. The number of ether oxygens (including phenoxy) is 1. The Labute approximate surface area is 80.4 Å². The molecule has 0 spiro atoms. The second-order valence-electron chi connectivity index (χ2n) is 2.53. The normalized spacial score (nSPS) is 9.50. The summed E-state index contributed by atoms with van der Waals surface area (Å²) in [6.45, 7) is 2.37. The molecule has 74 valence electrons. The quantitative estimate of drug-likeness (QED) is 0.750. The Balaban J connectivity index is 3.06. The molecular weight excluding hydrogens is 187 g/mol. The zero-order valence-electron chi connectivity index (χ0n) is 7.37. The highest BCUT2D eigenvalue weighted by molar-refractivity contribution is 6.15. The van der Waals surface area contributed by atoms with E-state index in [9.17, 15) is 9.18 Å². The third kappa shape index (κ3) is 2.10. The van der Waals surface area contributed by atoms with Gasteiger partial charge in [-0.15, -0.1) is 0 Å². The molecule has 0 aliphatic heterocycles. The molecule has 0 unspecified atom stereocenters. The lowest BCUT2D eigenvalue weighted by Crippen LogP contribution is -2.01. The van der Waals surface area contributed by atoms with Crippen molar-refractivity contribution in [2.75, 3.05) is 6.86 Å². The topological polar surface area (TPSA) is 46.5 Å². The highest BCUT2D eigenvalue weighted by atomic mass is 19.1. The Morgan fingerprint density at radius 1 is 1.50 bits per heavy atom.